The van der Waals surface area contributed by atoms with Gasteiger partial charge in [0.25, 0.3) is 10.0 Å². The van der Waals surface area contributed by atoms with Gasteiger partial charge in [0.1, 0.15) is 10.7 Å². The highest BCUT2D eigenvalue weighted by Gasteiger charge is 2.22. The van der Waals surface area contributed by atoms with Gasteiger partial charge in [0.05, 0.1) is 0 Å². The van der Waals surface area contributed by atoms with Crippen LogP contribution < -0.4 is 10.0 Å². The highest BCUT2D eigenvalue weighted by molar-refractivity contribution is 7.92. The van der Waals surface area contributed by atoms with Gasteiger partial charge in [-0.1, -0.05) is 6.07 Å². The number of hydrogen-bond acceptors (Lipinski definition) is 4. The predicted molar refractivity (Wildman–Crippen MR) is 80.3 cm³/mol. The normalized spacial score (nSPS) is 15.1. The first-order chi connectivity index (χ1) is 10.0. The Morgan fingerprint density at radius 1 is 1.38 bits per heavy atom. The summed E-state index contributed by atoms with van der Waals surface area (Å²) < 4.78 is 29.0. The number of nitrogens with one attached hydrogen (secondary N) is 2. The van der Waals surface area contributed by atoms with Crippen LogP contribution >= 0.6 is 0 Å². The van der Waals surface area contributed by atoms with Crippen LogP contribution in [0.3, 0.4) is 0 Å². The zero-order valence-corrected chi connectivity index (χ0v) is 12.6. The van der Waals surface area contributed by atoms with E-state index in [0.29, 0.717) is 18.4 Å². The Bertz CT molecular complexity index is 721. The van der Waals surface area contributed by atoms with Crippen molar-refractivity contribution in [3.05, 3.63) is 42.4 Å². The smallest absolute Gasteiger partial charge is 0.264 e. The molecule has 0 unspecified atom stereocenters. The third-order valence-corrected chi connectivity index (χ3v) is 4.77. The van der Waals surface area contributed by atoms with Gasteiger partial charge in [0.15, 0.2) is 0 Å². The fraction of sp³-hybridized carbons (Fsp3) is 0.357. The lowest BCUT2D eigenvalue weighted by atomic mass is 10.4. The lowest BCUT2D eigenvalue weighted by molar-refractivity contribution is 0.601. The van der Waals surface area contributed by atoms with Crippen LogP contribution in [0.4, 0.5) is 5.82 Å². The Kier molecular flexibility index (Phi) is 3.69. The average Bonchev–Trinajstić information content (AvgIpc) is 3.20. The summed E-state index contributed by atoms with van der Waals surface area (Å²) in [6, 6.07) is 7.38. The summed E-state index contributed by atoms with van der Waals surface area (Å²) in [7, 11) is -1.75. The van der Waals surface area contributed by atoms with Gasteiger partial charge >= 0.3 is 0 Å². The first kappa shape index (κ1) is 14.1. The molecule has 0 aliphatic heterocycles. The van der Waals surface area contributed by atoms with Crippen molar-refractivity contribution in [2.24, 2.45) is 7.05 Å². The minimum Gasteiger partial charge on any atom is -0.352 e. The molecule has 1 aliphatic carbocycles. The molecule has 0 atom stereocenters. The molecule has 3 rings (SSSR count). The van der Waals surface area contributed by atoms with Crippen LogP contribution in [0.25, 0.3) is 0 Å². The first-order valence-corrected chi connectivity index (χ1v) is 8.35. The third-order valence-electron chi connectivity index (χ3n) is 3.45. The van der Waals surface area contributed by atoms with Gasteiger partial charge in [0, 0.05) is 37.7 Å². The van der Waals surface area contributed by atoms with E-state index in [1.807, 2.05) is 11.6 Å². The van der Waals surface area contributed by atoms with Gasteiger partial charge in [-0.25, -0.2) is 13.4 Å². The molecule has 2 N–H and O–H groups in total. The minimum absolute atomic E-state index is 0.253. The Balaban J connectivity index is 1.76. The molecule has 0 aromatic carbocycles. The van der Waals surface area contributed by atoms with Gasteiger partial charge in [-0.2, -0.15) is 0 Å². The van der Waals surface area contributed by atoms with Crippen molar-refractivity contribution in [1.82, 2.24) is 14.9 Å². The van der Waals surface area contributed by atoms with E-state index in [1.54, 1.807) is 36.7 Å². The van der Waals surface area contributed by atoms with Crippen LogP contribution in [0.2, 0.25) is 0 Å². The molecular formula is C14H18N4O2S. The molecule has 7 heteroatoms. The summed E-state index contributed by atoms with van der Waals surface area (Å²) in [5.41, 5.74) is 0.947. The number of rotatable bonds is 6. The van der Waals surface area contributed by atoms with Gasteiger partial charge < -0.3 is 9.88 Å². The molecule has 0 spiro atoms. The van der Waals surface area contributed by atoms with Crippen molar-refractivity contribution in [1.29, 1.82) is 0 Å². The summed E-state index contributed by atoms with van der Waals surface area (Å²) in [6.07, 6.45) is 5.58. The molecule has 21 heavy (non-hydrogen) atoms. The zero-order chi connectivity index (χ0) is 14.9. The number of hydrogen-bond donors (Lipinski definition) is 2. The van der Waals surface area contributed by atoms with E-state index in [-0.39, 0.29) is 4.90 Å². The van der Waals surface area contributed by atoms with E-state index in [9.17, 15) is 8.42 Å². The molecule has 2 aromatic rings. The van der Waals surface area contributed by atoms with E-state index < -0.39 is 10.0 Å². The molecule has 2 heterocycles. The Morgan fingerprint density at radius 3 is 2.86 bits per heavy atom. The molecule has 2 aromatic heterocycles. The summed E-state index contributed by atoms with van der Waals surface area (Å²) in [5.74, 6) is 0.319. The van der Waals surface area contributed by atoms with Crippen LogP contribution in [-0.2, 0) is 23.6 Å². The summed E-state index contributed by atoms with van der Waals surface area (Å²) >= 11 is 0. The zero-order valence-electron chi connectivity index (χ0n) is 11.8. The van der Waals surface area contributed by atoms with Gasteiger partial charge in [0.2, 0.25) is 0 Å². The van der Waals surface area contributed by atoms with Crippen molar-refractivity contribution < 1.29 is 8.42 Å². The standard InChI is InChI=1S/C14H18N4O2S/c1-18-10-13(8-12(18)9-16-11-5-6-11)21(19,20)17-14-4-2-3-7-15-14/h2-4,7-8,10-11,16H,5-6,9H2,1H3,(H,15,17). The molecule has 1 fully saturated rings. The molecule has 1 saturated carbocycles. The van der Waals surface area contributed by atoms with E-state index in [0.717, 1.165) is 5.69 Å². The van der Waals surface area contributed by atoms with Crippen LogP contribution in [0, 0.1) is 0 Å². The second-order valence-corrected chi connectivity index (χ2v) is 6.94. The van der Waals surface area contributed by atoms with Crippen molar-refractivity contribution in [3.63, 3.8) is 0 Å². The van der Waals surface area contributed by atoms with Crippen LogP contribution in [0.5, 0.6) is 0 Å². The van der Waals surface area contributed by atoms with Crippen molar-refractivity contribution in [3.8, 4) is 0 Å². The monoisotopic (exact) mass is 306 g/mol. The average molecular weight is 306 g/mol. The van der Waals surface area contributed by atoms with Crippen LogP contribution in [0.1, 0.15) is 18.5 Å². The van der Waals surface area contributed by atoms with Crippen molar-refractivity contribution >= 4 is 15.8 Å². The van der Waals surface area contributed by atoms with Crippen LogP contribution in [-0.4, -0.2) is 24.0 Å². The van der Waals surface area contributed by atoms with Gasteiger partial charge in [-0.3, -0.25) is 4.72 Å². The van der Waals surface area contributed by atoms with Crippen molar-refractivity contribution in [2.45, 2.75) is 30.3 Å². The summed E-state index contributed by atoms with van der Waals surface area (Å²) in [5, 5.41) is 3.38. The fourth-order valence-corrected chi connectivity index (χ4v) is 3.16. The Morgan fingerprint density at radius 2 is 2.19 bits per heavy atom. The first-order valence-electron chi connectivity index (χ1n) is 6.87. The second kappa shape index (κ2) is 5.50. The van der Waals surface area contributed by atoms with Gasteiger partial charge in [-0.15, -0.1) is 0 Å². The highest BCUT2D eigenvalue weighted by atomic mass is 32.2. The van der Waals surface area contributed by atoms with E-state index >= 15 is 0 Å². The fourth-order valence-electron chi connectivity index (χ4n) is 2.06. The quantitative estimate of drug-likeness (QED) is 0.847. The maximum atomic E-state index is 12.3. The van der Waals surface area contributed by atoms with Crippen LogP contribution in [0.15, 0.2) is 41.6 Å². The number of sulfonamides is 1. The third kappa shape index (κ3) is 3.43. The molecule has 112 valence electrons. The maximum Gasteiger partial charge on any atom is 0.264 e. The Hall–Kier alpha value is -1.86. The molecule has 1 aliphatic rings. The number of aromatic nitrogens is 2. The van der Waals surface area contributed by atoms with Crippen molar-refractivity contribution in [2.75, 3.05) is 4.72 Å². The molecular weight excluding hydrogens is 288 g/mol. The highest BCUT2D eigenvalue weighted by Crippen LogP contribution is 2.21. The second-order valence-electron chi connectivity index (χ2n) is 5.25. The number of anilines is 1. The lowest BCUT2D eigenvalue weighted by Crippen LogP contribution is -2.17. The molecule has 6 nitrogen and oxygen atoms in total. The number of nitrogens with zero attached hydrogens (tertiary/aromatic N) is 2. The maximum absolute atomic E-state index is 12.3. The van der Waals surface area contributed by atoms with E-state index in [2.05, 4.69) is 15.0 Å². The number of pyridine rings is 1. The SMILES string of the molecule is Cn1cc(S(=O)(=O)Nc2ccccn2)cc1CNC1CC1. The predicted octanol–water partition coefficient (Wildman–Crippen LogP) is 1.47. The molecule has 0 radical (unpaired) electrons. The molecule has 0 amide bonds. The summed E-state index contributed by atoms with van der Waals surface area (Å²) in [4.78, 5) is 4.23. The molecule has 0 bridgehead atoms. The number of aryl methyl sites for hydroxylation is 1. The molecule has 0 saturated heterocycles. The van der Waals surface area contributed by atoms with E-state index in [1.165, 1.54) is 12.8 Å². The summed E-state index contributed by atoms with van der Waals surface area (Å²) in [6.45, 7) is 0.681. The largest absolute Gasteiger partial charge is 0.352 e. The van der Waals surface area contributed by atoms with Gasteiger partial charge in [-0.05, 0) is 31.0 Å². The lowest BCUT2D eigenvalue weighted by Gasteiger charge is -2.04. The minimum atomic E-state index is -3.60. The topological polar surface area (TPSA) is 76.0 Å². The van der Waals surface area contributed by atoms with E-state index in [4.69, 9.17) is 0 Å². The Labute approximate surface area is 124 Å².